The molecular formula is C12H15NO2S. The first-order chi connectivity index (χ1) is 7.49. The van der Waals surface area contributed by atoms with E-state index in [4.69, 9.17) is 5.26 Å². The fourth-order valence-corrected chi connectivity index (χ4v) is 2.87. The lowest BCUT2D eigenvalue weighted by molar-refractivity contribution is 0.589. The Bertz CT molecular complexity index is 483. The van der Waals surface area contributed by atoms with Gasteiger partial charge in [-0.25, -0.2) is 8.42 Å². The monoisotopic (exact) mass is 237 g/mol. The third-order valence-electron chi connectivity index (χ3n) is 2.38. The van der Waals surface area contributed by atoms with E-state index in [0.29, 0.717) is 4.90 Å². The number of benzene rings is 1. The van der Waals surface area contributed by atoms with Crippen molar-refractivity contribution in [1.82, 2.24) is 0 Å². The zero-order valence-corrected chi connectivity index (χ0v) is 10.3. The molecule has 4 heteroatoms. The highest BCUT2D eigenvalue weighted by Gasteiger charge is 2.17. The van der Waals surface area contributed by atoms with Crippen molar-refractivity contribution in [3.05, 3.63) is 29.8 Å². The summed E-state index contributed by atoms with van der Waals surface area (Å²) in [5, 5.41) is 8.61. The molecule has 0 fully saturated rings. The highest BCUT2D eigenvalue weighted by molar-refractivity contribution is 7.91. The fourth-order valence-electron chi connectivity index (χ4n) is 1.40. The third kappa shape index (κ3) is 3.07. The van der Waals surface area contributed by atoms with Crippen LogP contribution in [0, 0.1) is 17.2 Å². The van der Waals surface area contributed by atoms with Crippen molar-refractivity contribution in [3.63, 3.8) is 0 Å². The van der Waals surface area contributed by atoms with Crippen LogP contribution in [0.15, 0.2) is 29.2 Å². The maximum Gasteiger partial charge on any atom is 0.179 e. The smallest absolute Gasteiger partial charge is 0.179 e. The molecule has 0 radical (unpaired) electrons. The van der Waals surface area contributed by atoms with Crippen LogP contribution < -0.4 is 0 Å². The highest BCUT2D eigenvalue weighted by Crippen LogP contribution is 2.15. The van der Waals surface area contributed by atoms with Crippen LogP contribution in [0.25, 0.3) is 0 Å². The highest BCUT2D eigenvalue weighted by atomic mass is 32.2. The first-order valence-corrected chi connectivity index (χ1v) is 6.86. The standard InChI is InChI=1S/C12H15NO2S/c1-3-11-4-6-12(7-5-11)16(14,15)9-10(2)8-13/h4-7,10H,3,9H2,1-2H3. The molecule has 1 rings (SSSR count). The van der Waals surface area contributed by atoms with Crippen molar-refractivity contribution < 1.29 is 8.42 Å². The van der Waals surface area contributed by atoms with Gasteiger partial charge in [-0.3, -0.25) is 0 Å². The molecule has 1 unspecified atom stereocenters. The van der Waals surface area contributed by atoms with Crippen LogP contribution in [-0.2, 0) is 16.3 Å². The topological polar surface area (TPSA) is 57.9 Å². The maximum atomic E-state index is 11.8. The van der Waals surface area contributed by atoms with Gasteiger partial charge < -0.3 is 0 Å². The van der Waals surface area contributed by atoms with Crippen molar-refractivity contribution in [2.24, 2.45) is 5.92 Å². The van der Waals surface area contributed by atoms with Crippen molar-refractivity contribution in [2.45, 2.75) is 25.2 Å². The average Bonchev–Trinajstić information content (AvgIpc) is 2.28. The van der Waals surface area contributed by atoms with Crippen LogP contribution in [0.1, 0.15) is 19.4 Å². The molecule has 1 aromatic carbocycles. The van der Waals surface area contributed by atoms with Gasteiger partial charge in [-0.2, -0.15) is 5.26 Å². The van der Waals surface area contributed by atoms with Crippen LogP contribution in [0.3, 0.4) is 0 Å². The average molecular weight is 237 g/mol. The van der Waals surface area contributed by atoms with Gasteiger partial charge in [-0.15, -0.1) is 0 Å². The molecule has 3 nitrogen and oxygen atoms in total. The predicted molar refractivity (Wildman–Crippen MR) is 62.6 cm³/mol. The van der Waals surface area contributed by atoms with Crippen molar-refractivity contribution in [2.75, 3.05) is 5.75 Å². The van der Waals surface area contributed by atoms with Crippen LogP contribution in [0.5, 0.6) is 0 Å². The molecule has 0 saturated carbocycles. The Morgan fingerprint density at radius 2 is 1.88 bits per heavy atom. The fraction of sp³-hybridized carbons (Fsp3) is 0.417. The zero-order chi connectivity index (χ0) is 12.2. The summed E-state index contributed by atoms with van der Waals surface area (Å²) in [4.78, 5) is 0.298. The molecule has 0 heterocycles. The van der Waals surface area contributed by atoms with Crippen molar-refractivity contribution >= 4 is 9.84 Å². The normalized spacial score (nSPS) is 13.1. The molecule has 0 amide bonds. The zero-order valence-electron chi connectivity index (χ0n) is 9.47. The summed E-state index contributed by atoms with van der Waals surface area (Å²) in [5.41, 5.74) is 1.10. The summed E-state index contributed by atoms with van der Waals surface area (Å²) in [6, 6.07) is 8.77. The van der Waals surface area contributed by atoms with Gasteiger partial charge in [0.2, 0.25) is 0 Å². The quantitative estimate of drug-likeness (QED) is 0.806. The summed E-state index contributed by atoms with van der Waals surface area (Å²) in [6.45, 7) is 3.62. The largest absolute Gasteiger partial charge is 0.224 e. The molecule has 0 spiro atoms. The van der Waals surface area contributed by atoms with E-state index < -0.39 is 15.8 Å². The van der Waals surface area contributed by atoms with Gasteiger partial charge in [0.15, 0.2) is 9.84 Å². The lowest BCUT2D eigenvalue weighted by Crippen LogP contribution is -2.12. The number of sulfone groups is 1. The molecule has 0 bridgehead atoms. The maximum absolute atomic E-state index is 11.8. The molecule has 0 N–H and O–H groups in total. The second-order valence-corrected chi connectivity index (χ2v) is 5.84. The lowest BCUT2D eigenvalue weighted by Gasteiger charge is -2.06. The predicted octanol–water partition coefficient (Wildman–Crippen LogP) is 2.18. The minimum Gasteiger partial charge on any atom is -0.224 e. The van der Waals surface area contributed by atoms with Gasteiger partial charge >= 0.3 is 0 Å². The molecule has 1 aromatic rings. The molecular weight excluding hydrogens is 222 g/mol. The Morgan fingerprint density at radius 1 is 1.31 bits per heavy atom. The molecule has 0 saturated heterocycles. The first kappa shape index (κ1) is 12.7. The minimum absolute atomic E-state index is 0.116. The molecule has 0 aliphatic carbocycles. The number of nitriles is 1. The molecule has 16 heavy (non-hydrogen) atoms. The SMILES string of the molecule is CCc1ccc(S(=O)(=O)CC(C)C#N)cc1. The van der Waals surface area contributed by atoms with E-state index in [-0.39, 0.29) is 5.75 Å². The summed E-state index contributed by atoms with van der Waals surface area (Å²) in [7, 11) is -3.32. The second-order valence-electron chi connectivity index (χ2n) is 3.81. The van der Waals surface area contributed by atoms with Crippen LogP contribution in [0.2, 0.25) is 0 Å². The van der Waals surface area contributed by atoms with Gasteiger partial charge in [0.05, 0.1) is 22.6 Å². The third-order valence-corrected chi connectivity index (χ3v) is 4.31. The van der Waals surface area contributed by atoms with Crippen LogP contribution in [0.4, 0.5) is 0 Å². The number of rotatable bonds is 4. The Hall–Kier alpha value is -1.34. The summed E-state index contributed by atoms with van der Waals surface area (Å²) >= 11 is 0. The van der Waals surface area contributed by atoms with Crippen LogP contribution in [-0.4, -0.2) is 14.2 Å². The summed E-state index contributed by atoms with van der Waals surface area (Å²) < 4.78 is 23.7. The van der Waals surface area contributed by atoms with E-state index in [1.54, 1.807) is 19.1 Å². The lowest BCUT2D eigenvalue weighted by atomic mass is 10.2. The molecule has 1 atom stereocenters. The van der Waals surface area contributed by atoms with Gasteiger partial charge in [0.1, 0.15) is 0 Å². The Kier molecular flexibility index (Phi) is 4.08. The van der Waals surface area contributed by atoms with Gasteiger partial charge in [0, 0.05) is 0 Å². The van der Waals surface area contributed by atoms with Gasteiger partial charge in [-0.1, -0.05) is 19.1 Å². The van der Waals surface area contributed by atoms with Gasteiger partial charge in [0.25, 0.3) is 0 Å². The second kappa shape index (κ2) is 5.13. The van der Waals surface area contributed by atoms with Gasteiger partial charge in [-0.05, 0) is 31.0 Å². The summed E-state index contributed by atoms with van der Waals surface area (Å²) in [5.74, 6) is -0.592. The minimum atomic E-state index is -3.32. The van der Waals surface area contributed by atoms with E-state index in [0.717, 1.165) is 12.0 Å². The Labute approximate surface area is 96.6 Å². The van der Waals surface area contributed by atoms with E-state index in [1.165, 1.54) is 0 Å². The number of nitrogens with zero attached hydrogens (tertiary/aromatic N) is 1. The first-order valence-electron chi connectivity index (χ1n) is 5.21. The van der Waals surface area contributed by atoms with Crippen molar-refractivity contribution in [1.29, 1.82) is 5.26 Å². The van der Waals surface area contributed by atoms with Crippen LogP contribution >= 0.6 is 0 Å². The molecule has 0 aromatic heterocycles. The molecule has 0 aliphatic heterocycles. The molecule has 0 aliphatic rings. The van der Waals surface area contributed by atoms with E-state index >= 15 is 0 Å². The van der Waals surface area contributed by atoms with E-state index in [2.05, 4.69) is 0 Å². The number of aryl methyl sites for hydroxylation is 1. The molecule has 86 valence electrons. The number of hydrogen-bond acceptors (Lipinski definition) is 3. The van der Waals surface area contributed by atoms with E-state index in [1.807, 2.05) is 25.1 Å². The van der Waals surface area contributed by atoms with E-state index in [9.17, 15) is 8.42 Å². The van der Waals surface area contributed by atoms with Crippen molar-refractivity contribution in [3.8, 4) is 6.07 Å². The Morgan fingerprint density at radius 3 is 2.31 bits per heavy atom. The Balaban J connectivity index is 2.95. The summed E-state index contributed by atoms with van der Waals surface area (Å²) in [6.07, 6.45) is 0.884. The number of hydrogen-bond donors (Lipinski definition) is 0.